The van der Waals surface area contributed by atoms with E-state index in [1.54, 1.807) is 106 Å². The molecule has 0 radical (unpaired) electrons. The molecule has 7 rings (SSSR count). The molecule has 0 saturated carbocycles. The van der Waals surface area contributed by atoms with Crippen LogP contribution in [0.25, 0.3) is 0 Å². The predicted octanol–water partition coefficient (Wildman–Crippen LogP) is 6.70. The van der Waals surface area contributed by atoms with Crippen molar-refractivity contribution in [3.63, 3.8) is 0 Å². The zero-order chi connectivity index (χ0) is 51.4. The molecule has 20 heteroatoms. The molecule has 1 heterocycles. The third-order valence-electron chi connectivity index (χ3n) is 12.4. The van der Waals surface area contributed by atoms with Gasteiger partial charge >= 0.3 is 0 Å². The van der Waals surface area contributed by atoms with Gasteiger partial charge in [0.1, 0.15) is 0 Å². The Labute approximate surface area is 420 Å². The maximum absolute atomic E-state index is 14.8. The number of hydrogen-bond donors (Lipinski definition) is 0. The molecule has 0 aliphatic carbocycles. The van der Waals surface area contributed by atoms with Gasteiger partial charge in [-0.25, -0.2) is 42.1 Å². The van der Waals surface area contributed by atoms with Gasteiger partial charge < -0.3 is 0 Å². The van der Waals surface area contributed by atoms with Gasteiger partial charge in [-0.2, -0.15) is 21.5 Å². The topological polar surface area (TPSA) is 187 Å². The van der Waals surface area contributed by atoms with E-state index in [0.717, 1.165) is 49.3 Å². The van der Waals surface area contributed by atoms with E-state index in [0.29, 0.717) is 11.1 Å². The lowest BCUT2D eigenvalue weighted by Crippen LogP contribution is -2.48. The number of rotatable bonds is 10. The van der Waals surface area contributed by atoms with E-state index in [-0.39, 0.29) is 50.7 Å². The van der Waals surface area contributed by atoms with Crippen LogP contribution in [-0.4, -0.2) is 116 Å². The van der Waals surface area contributed by atoms with Crippen molar-refractivity contribution >= 4 is 50.1 Å². The van der Waals surface area contributed by atoms with Gasteiger partial charge in [-0.15, -0.1) is 0 Å². The van der Waals surface area contributed by atoms with Crippen LogP contribution in [0, 0.1) is 34.6 Å². The van der Waals surface area contributed by atoms with E-state index < -0.39 is 89.4 Å². The van der Waals surface area contributed by atoms with Crippen molar-refractivity contribution in [3.8, 4) is 0 Å². The van der Waals surface area contributed by atoms with Crippen LogP contribution >= 0.6 is 0 Å². The highest BCUT2D eigenvalue weighted by Gasteiger charge is 2.35. The molecule has 0 atom stereocenters. The summed E-state index contributed by atoms with van der Waals surface area (Å²) in [5.41, 5.74) is 4.90. The summed E-state index contributed by atoms with van der Waals surface area (Å²) >= 11 is 0. The van der Waals surface area contributed by atoms with Crippen LogP contribution < -0.4 is 0 Å². The van der Waals surface area contributed by atoms with Gasteiger partial charge in [0, 0.05) is 65.4 Å². The fourth-order valence-electron chi connectivity index (χ4n) is 8.05. The first-order valence-electron chi connectivity index (χ1n) is 22.9. The Bertz CT molecular complexity index is 3210. The largest absolute Gasteiger partial charge is 0.243 e. The molecule has 6 aromatic carbocycles. The van der Waals surface area contributed by atoms with Crippen molar-refractivity contribution in [3.05, 3.63) is 185 Å². The summed E-state index contributed by atoms with van der Waals surface area (Å²) in [5.74, 6) is 0. The smallest absolute Gasteiger partial charge is 0.207 e. The van der Waals surface area contributed by atoms with E-state index in [1.807, 2.05) is 13.8 Å². The third-order valence-corrected chi connectivity index (χ3v) is 21.9. The minimum atomic E-state index is -4.49. The molecule has 15 nitrogen and oxygen atoms in total. The zero-order valence-electron chi connectivity index (χ0n) is 40.3. The number of nitrogens with zero attached hydrogens (tertiary/aromatic N) is 5. The van der Waals surface area contributed by atoms with Crippen molar-refractivity contribution in [1.29, 1.82) is 0 Å². The number of sulfonamides is 5. The average Bonchev–Trinajstić information content (AvgIpc) is 3.32. The summed E-state index contributed by atoms with van der Waals surface area (Å²) in [6.45, 7) is 4.98. The Morgan fingerprint density at radius 2 is 0.451 bits per heavy atom. The highest BCUT2D eigenvalue weighted by atomic mass is 32.2. The fraction of sp³-hybridized carbons (Fsp3) is 0.294. The first-order valence-corrected chi connectivity index (χ1v) is 30.1. The summed E-state index contributed by atoms with van der Waals surface area (Å²) in [5, 5.41) is 0. The monoisotopic (exact) mass is 1060 g/mol. The maximum atomic E-state index is 14.8. The fourth-order valence-corrected chi connectivity index (χ4v) is 15.2. The predicted molar refractivity (Wildman–Crippen MR) is 274 cm³/mol. The van der Waals surface area contributed by atoms with E-state index in [4.69, 9.17) is 0 Å². The molecule has 378 valence electrons. The van der Waals surface area contributed by atoms with E-state index in [9.17, 15) is 42.1 Å². The van der Waals surface area contributed by atoms with Crippen LogP contribution in [0.1, 0.15) is 38.9 Å². The zero-order valence-corrected chi connectivity index (χ0v) is 44.4. The molecule has 0 N–H and O–H groups in total. The SMILES string of the molecule is Cc1ccc(S(=O)(=O)N2CCN(S(=O)(=O)c3ccc(C)cc3)CCN(S(=O)(=O)c3ccc(C)cc3)Cc3cccc(c3)CN(S(=O)(=O)c3ccc(C)cc3)CCN(S(=O)(=O)c3ccc(C)cc3)CC2)cc1. The lowest BCUT2D eigenvalue weighted by Gasteiger charge is -2.32. The molecule has 0 unspecified atom stereocenters. The Balaban J connectivity index is 1.40. The number of hydrogen-bond acceptors (Lipinski definition) is 10. The van der Waals surface area contributed by atoms with Crippen molar-refractivity contribution in [2.45, 2.75) is 72.2 Å². The van der Waals surface area contributed by atoms with Crippen LogP contribution in [0.5, 0.6) is 0 Å². The van der Waals surface area contributed by atoms with E-state index in [2.05, 4.69) is 0 Å². The van der Waals surface area contributed by atoms with Crippen molar-refractivity contribution in [1.82, 2.24) is 21.5 Å². The van der Waals surface area contributed by atoms with Crippen molar-refractivity contribution in [2.24, 2.45) is 0 Å². The number of aryl methyl sites for hydroxylation is 5. The maximum Gasteiger partial charge on any atom is 0.243 e. The second-order valence-corrected chi connectivity index (χ2v) is 27.5. The summed E-state index contributed by atoms with van der Waals surface area (Å²) in [6, 6.07) is 37.5. The first-order chi connectivity index (χ1) is 33.5. The van der Waals surface area contributed by atoms with E-state index >= 15 is 0 Å². The normalized spacial score (nSPS) is 16.8. The molecule has 1 aliphatic rings. The molecule has 71 heavy (non-hydrogen) atoms. The highest BCUT2D eigenvalue weighted by Crippen LogP contribution is 2.27. The Morgan fingerprint density at radius 3 is 0.662 bits per heavy atom. The van der Waals surface area contributed by atoms with Gasteiger partial charge in [-0.3, -0.25) is 0 Å². The molecule has 2 bridgehead atoms. The Hall–Kier alpha value is -5.13. The molecule has 0 spiro atoms. The lowest BCUT2D eigenvalue weighted by molar-refractivity contribution is 0.291. The minimum absolute atomic E-state index is 0.0368. The van der Waals surface area contributed by atoms with Crippen molar-refractivity contribution in [2.75, 3.05) is 52.4 Å². The van der Waals surface area contributed by atoms with Gasteiger partial charge in [0.05, 0.1) is 24.5 Å². The summed E-state index contributed by atoms with van der Waals surface area (Å²) in [7, 11) is -22.0. The highest BCUT2D eigenvalue weighted by molar-refractivity contribution is 7.90. The summed E-state index contributed by atoms with van der Waals surface area (Å²) in [4.78, 5) is -0.396. The standard InChI is InChI=1S/C51H59N5O10S5/c1-40-9-19-47(20-10-40)67(57,58)52-29-31-53(68(59,60)48-21-11-41(2)12-22-48)33-35-55(70(63,64)50-25-15-43(4)16-26-50)38-45-7-6-8-46(37-45)39-56(71(65,66)51-27-17-44(5)18-28-51)36-34-54(32-30-52)69(61,62)49-23-13-42(3)14-24-49/h6-28,37H,29-36,38-39H2,1-5H3. The quantitative estimate of drug-likeness (QED) is 0.143. The van der Waals surface area contributed by atoms with Gasteiger partial charge in [0.2, 0.25) is 50.1 Å². The second kappa shape index (κ2) is 21.9. The Kier molecular flexibility index (Phi) is 16.6. The molecule has 0 fully saturated rings. The summed E-state index contributed by atoms with van der Waals surface area (Å²) in [6.07, 6.45) is 0. The molecule has 1 aliphatic heterocycles. The first kappa shape index (κ1) is 53.7. The Morgan fingerprint density at radius 1 is 0.268 bits per heavy atom. The van der Waals surface area contributed by atoms with Crippen LogP contribution in [0.2, 0.25) is 0 Å². The van der Waals surface area contributed by atoms with Gasteiger partial charge in [-0.05, 0) is 106 Å². The minimum Gasteiger partial charge on any atom is -0.207 e. The molecule has 0 amide bonds. The number of fused-ring (bicyclic) bond motifs is 2. The average molecular weight is 1060 g/mol. The van der Waals surface area contributed by atoms with Crippen LogP contribution in [-0.2, 0) is 63.2 Å². The van der Waals surface area contributed by atoms with Crippen molar-refractivity contribution < 1.29 is 42.1 Å². The molecule has 6 aromatic rings. The molecular weight excluding hydrogens is 1000 g/mol. The summed E-state index contributed by atoms with van der Waals surface area (Å²) < 4.78 is 153. The number of benzene rings is 6. The van der Waals surface area contributed by atoms with Gasteiger partial charge in [0.25, 0.3) is 0 Å². The third kappa shape index (κ3) is 12.6. The molecular formula is C51H59N5O10S5. The lowest BCUT2D eigenvalue weighted by atomic mass is 10.1. The van der Waals surface area contributed by atoms with Gasteiger partial charge in [0.15, 0.2) is 0 Å². The van der Waals surface area contributed by atoms with Crippen LogP contribution in [0.15, 0.2) is 170 Å². The van der Waals surface area contributed by atoms with E-state index in [1.165, 1.54) is 60.7 Å². The van der Waals surface area contributed by atoms with Crippen LogP contribution in [0.4, 0.5) is 0 Å². The van der Waals surface area contributed by atoms with Gasteiger partial charge in [-0.1, -0.05) is 113 Å². The molecule has 0 aromatic heterocycles. The van der Waals surface area contributed by atoms with Crippen LogP contribution in [0.3, 0.4) is 0 Å². The molecule has 0 saturated heterocycles. The second-order valence-electron chi connectivity index (χ2n) is 17.8.